The summed E-state index contributed by atoms with van der Waals surface area (Å²) in [5.74, 6) is -1.07. The molecule has 0 radical (unpaired) electrons. The molecule has 0 fully saturated rings. The predicted octanol–water partition coefficient (Wildman–Crippen LogP) is 0.0469. The number of hydrogen-bond acceptors (Lipinski definition) is 8. The van der Waals surface area contributed by atoms with Crippen molar-refractivity contribution in [1.82, 2.24) is 9.97 Å². The molecule has 0 bridgehead atoms. The van der Waals surface area contributed by atoms with Crippen LogP contribution in [0.5, 0.6) is 0 Å². The maximum atomic E-state index is 11.5. The summed E-state index contributed by atoms with van der Waals surface area (Å²) in [6, 6.07) is -0.636. The number of methoxy groups -OCH3 is 1. The summed E-state index contributed by atoms with van der Waals surface area (Å²) >= 11 is 5.15. The average molecular weight is 367 g/mol. The van der Waals surface area contributed by atoms with Crippen molar-refractivity contribution in [3.63, 3.8) is 0 Å². The number of amides is 2. The van der Waals surface area contributed by atoms with Gasteiger partial charge in [-0.3, -0.25) is 9.59 Å². The lowest BCUT2D eigenvalue weighted by Gasteiger charge is -2.16. The van der Waals surface area contributed by atoms with Gasteiger partial charge in [-0.05, 0) is 6.42 Å². The zero-order chi connectivity index (χ0) is 19.0. The second-order valence-electron chi connectivity index (χ2n) is 5.09. The van der Waals surface area contributed by atoms with Gasteiger partial charge >= 0.3 is 0 Å². The zero-order valence-electron chi connectivity index (χ0n) is 14.0. The molecule has 25 heavy (non-hydrogen) atoms. The van der Waals surface area contributed by atoms with Gasteiger partial charge in [0.1, 0.15) is 11.9 Å². The highest BCUT2D eigenvalue weighted by Gasteiger charge is 2.18. The van der Waals surface area contributed by atoms with E-state index in [0.717, 1.165) is 0 Å². The average Bonchev–Trinajstić information content (AvgIpc) is 2.52. The Morgan fingerprint density at radius 1 is 1.44 bits per heavy atom. The van der Waals surface area contributed by atoms with Crippen LogP contribution >= 0.6 is 12.2 Å². The molecule has 1 rings (SSSR count). The Hall–Kier alpha value is -2.66. The third-order valence-electron chi connectivity index (χ3n) is 3.03. The summed E-state index contributed by atoms with van der Waals surface area (Å²) in [5.41, 5.74) is 10.7. The maximum absolute atomic E-state index is 11.5. The highest BCUT2D eigenvalue weighted by atomic mass is 32.1. The second-order valence-corrected chi connectivity index (χ2v) is 5.58. The minimum atomic E-state index is -0.793. The van der Waals surface area contributed by atoms with Gasteiger partial charge in [0.2, 0.25) is 5.91 Å². The molecule has 2 amide bonds. The van der Waals surface area contributed by atoms with Gasteiger partial charge in [-0.25, -0.2) is 9.97 Å². The van der Waals surface area contributed by atoms with Crippen LogP contribution < -0.4 is 22.1 Å². The van der Waals surface area contributed by atoms with E-state index in [0.29, 0.717) is 6.42 Å². The Balaban J connectivity index is 2.99. The van der Waals surface area contributed by atoms with Crippen molar-refractivity contribution in [2.75, 3.05) is 24.4 Å². The molecular weight excluding hydrogens is 346 g/mol. The molecule has 1 aromatic rings. The van der Waals surface area contributed by atoms with Gasteiger partial charge in [0.25, 0.3) is 5.91 Å². The number of thiocarbonyl (C=S) groups is 1. The van der Waals surface area contributed by atoms with Crippen LogP contribution in [-0.4, -0.2) is 52.2 Å². The van der Waals surface area contributed by atoms with Gasteiger partial charge in [0.15, 0.2) is 11.5 Å². The number of nitrogens with zero attached hydrogens (tertiary/aromatic N) is 2. The lowest BCUT2D eigenvalue weighted by Crippen LogP contribution is -2.35. The molecule has 1 aromatic heterocycles. The Morgan fingerprint density at radius 2 is 2.12 bits per heavy atom. The fourth-order valence-corrected chi connectivity index (χ4v) is 2.15. The quantitative estimate of drug-likeness (QED) is 0.285. The van der Waals surface area contributed by atoms with Crippen molar-refractivity contribution in [3.8, 4) is 0 Å². The SMILES string of the molecule is CCC(Nc1cnc(C(N)=O)c(NC(=S)CC(=N)COC)n1)C(N)=O. The molecular formula is C14H21N7O3S. The molecule has 0 aliphatic heterocycles. The number of nitrogens with one attached hydrogen (secondary N) is 3. The molecule has 0 aromatic carbocycles. The molecule has 0 aliphatic rings. The van der Waals surface area contributed by atoms with Gasteiger partial charge in [-0.2, -0.15) is 0 Å². The Labute approximate surface area is 150 Å². The van der Waals surface area contributed by atoms with E-state index in [1.165, 1.54) is 13.3 Å². The standard InChI is InChI=1S/C14H21N7O3S/c1-3-8(12(16)22)19-9-5-18-11(13(17)23)14(20-9)21-10(25)4-7(15)6-24-2/h5,8,15H,3-4,6H2,1-2H3,(H2,16,22)(H2,17,23)(H2,19,20,21,25). The van der Waals surface area contributed by atoms with E-state index >= 15 is 0 Å². The Bertz CT molecular complexity index is 680. The molecule has 136 valence electrons. The van der Waals surface area contributed by atoms with Crippen molar-refractivity contribution in [1.29, 1.82) is 5.41 Å². The Morgan fingerprint density at radius 3 is 2.64 bits per heavy atom. The van der Waals surface area contributed by atoms with Gasteiger partial charge in [-0.15, -0.1) is 0 Å². The Kier molecular flexibility index (Phi) is 7.82. The van der Waals surface area contributed by atoms with E-state index in [9.17, 15) is 9.59 Å². The minimum absolute atomic E-state index is 0.0343. The first-order chi connectivity index (χ1) is 11.8. The van der Waals surface area contributed by atoms with E-state index in [4.69, 9.17) is 33.8 Å². The molecule has 11 heteroatoms. The molecule has 0 aliphatic carbocycles. The number of anilines is 2. The van der Waals surface area contributed by atoms with Crippen LogP contribution in [0.4, 0.5) is 11.6 Å². The van der Waals surface area contributed by atoms with Gasteiger partial charge in [-0.1, -0.05) is 19.1 Å². The summed E-state index contributed by atoms with van der Waals surface area (Å²) < 4.78 is 4.85. The molecule has 0 spiro atoms. The van der Waals surface area contributed by atoms with Gasteiger partial charge < -0.3 is 32.2 Å². The van der Waals surface area contributed by atoms with Crippen molar-refractivity contribution >= 4 is 46.4 Å². The molecule has 1 unspecified atom stereocenters. The third kappa shape index (κ3) is 6.39. The van der Waals surface area contributed by atoms with Crippen LogP contribution in [-0.2, 0) is 9.53 Å². The number of hydrogen-bond donors (Lipinski definition) is 5. The van der Waals surface area contributed by atoms with Crippen molar-refractivity contribution < 1.29 is 14.3 Å². The smallest absolute Gasteiger partial charge is 0.271 e. The number of primary amides is 2. The van der Waals surface area contributed by atoms with E-state index in [2.05, 4.69) is 20.6 Å². The largest absolute Gasteiger partial charge is 0.379 e. The van der Waals surface area contributed by atoms with Crippen molar-refractivity contribution in [2.24, 2.45) is 11.5 Å². The number of carbonyl (C=O) groups excluding carboxylic acids is 2. The first kappa shape index (κ1) is 20.4. The number of aromatic nitrogens is 2. The maximum Gasteiger partial charge on any atom is 0.271 e. The van der Waals surface area contributed by atoms with Crippen molar-refractivity contribution in [2.45, 2.75) is 25.8 Å². The first-order valence-electron chi connectivity index (χ1n) is 7.36. The lowest BCUT2D eigenvalue weighted by atomic mass is 10.2. The summed E-state index contributed by atoms with van der Waals surface area (Å²) in [6.45, 7) is 1.91. The van der Waals surface area contributed by atoms with Gasteiger partial charge in [0.05, 0.1) is 17.8 Å². The monoisotopic (exact) mass is 367 g/mol. The highest BCUT2D eigenvalue weighted by Crippen LogP contribution is 2.15. The van der Waals surface area contributed by atoms with E-state index in [-0.39, 0.29) is 41.1 Å². The summed E-state index contributed by atoms with van der Waals surface area (Å²) in [4.78, 5) is 31.2. The summed E-state index contributed by atoms with van der Waals surface area (Å²) in [5, 5.41) is 13.3. The summed E-state index contributed by atoms with van der Waals surface area (Å²) in [7, 11) is 1.47. The lowest BCUT2D eigenvalue weighted by molar-refractivity contribution is -0.118. The van der Waals surface area contributed by atoms with Crippen LogP contribution in [0.2, 0.25) is 0 Å². The highest BCUT2D eigenvalue weighted by molar-refractivity contribution is 7.80. The normalized spacial score (nSPS) is 11.4. The van der Waals surface area contributed by atoms with Gasteiger partial charge in [0, 0.05) is 19.2 Å². The van der Waals surface area contributed by atoms with Crippen LogP contribution in [0.25, 0.3) is 0 Å². The second kappa shape index (κ2) is 9.59. The fraction of sp³-hybridized carbons (Fsp3) is 0.429. The number of carbonyl (C=O) groups is 2. The molecule has 1 heterocycles. The molecule has 0 saturated carbocycles. The topological polar surface area (TPSA) is 169 Å². The minimum Gasteiger partial charge on any atom is -0.379 e. The third-order valence-corrected chi connectivity index (χ3v) is 3.28. The van der Waals surface area contributed by atoms with Crippen LogP contribution in [0.1, 0.15) is 30.3 Å². The molecule has 10 nitrogen and oxygen atoms in total. The predicted molar refractivity (Wildman–Crippen MR) is 97.9 cm³/mol. The molecule has 1 atom stereocenters. The zero-order valence-corrected chi connectivity index (χ0v) is 14.8. The molecule has 0 saturated heterocycles. The van der Waals surface area contributed by atoms with E-state index in [1.54, 1.807) is 6.92 Å². The number of ether oxygens (including phenoxy) is 1. The van der Waals surface area contributed by atoms with Crippen molar-refractivity contribution in [3.05, 3.63) is 11.9 Å². The summed E-state index contributed by atoms with van der Waals surface area (Å²) in [6.07, 6.45) is 1.84. The molecule has 7 N–H and O–H groups in total. The van der Waals surface area contributed by atoms with E-state index < -0.39 is 17.9 Å². The number of rotatable bonds is 10. The number of nitrogens with two attached hydrogens (primary N) is 2. The first-order valence-corrected chi connectivity index (χ1v) is 7.77. The van der Waals surface area contributed by atoms with Crippen LogP contribution in [0.3, 0.4) is 0 Å². The fourth-order valence-electron chi connectivity index (χ4n) is 1.87. The van der Waals surface area contributed by atoms with Crippen LogP contribution in [0, 0.1) is 5.41 Å². The van der Waals surface area contributed by atoms with Crippen LogP contribution in [0.15, 0.2) is 6.20 Å². The van der Waals surface area contributed by atoms with E-state index in [1.807, 2.05) is 0 Å².